The zero-order valence-electron chi connectivity index (χ0n) is 8.34. The summed E-state index contributed by atoms with van der Waals surface area (Å²) in [7, 11) is 0. The van der Waals surface area contributed by atoms with Gasteiger partial charge in [0.15, 0.2) is 0 Å². The molecule has 1 N–H and O–H groups in total. The summed E-state index contributed by atoms with van der Waals surface area (Å²) in [5, 5.41) is 17.1. The number of carboxylic acids is 1. The molecule has 0 spiro atoms. The van der Waals surface area contributed by atoms with Gasteiger partial charge in [-0.25, -0.2) is 4.79 Å². The van der Waals surface area contributed by atoms with Crippen LogP contribution in [0.5, 0.6) is 0 Å². The molecule has 0 aromatic heterocycles. The SMILES string of the molecule is CC(/C=C/C(=O)O)c1ccc(C#N)cc1. The minimum atomic E-state index is -0.949. The number of hydrogen-bond donors (Lipinski definition) is 1. The number of allylic oxidation sites excluding steroid dienone is 1. The lowest BCUT2D eigenvalue weighted by Gasteiger charge is -2.05. The molecule has 1 rings (SSSR count). The maximum Gasteiger partial charge on any atom is 0.327 e. The molecule has 0 radical (unpaired) electrons. The van der Waals surface area contributed by atoms with Gasteiger partial charge in [0.1, 0.15) is 0 Å². The van der Waals surface area contributed by atoms with Crippen LogP contribution in [0.4, 0.5) is 0 Å². The van der Waals surface area contributed by atoms with E-state index >= 15 is 0 Å². The molecular formula is C12H11NO2. The van der Waals surface area contributed by atoms with Crippen LogP contribution >= 0.6 is 0 Å². The van der Waals surface area contributed by atoms with Gasteiger partial charge in [0.05, 0.1) is 11.6 Å². The number of rotatable bonds is 3. The molecule has 3 nitrogen and oxygen atoms in total. The molecule has 0 fully saturated rings. The van der Waals surface area contributed by atoms with E-state index in [4.69, 9.17) is 10.4 Å². The number of benzene rings is 1. The first-order valence-electron chi connectivity index (χ1n) is 4.54. The van der Waals surface area contributed by atoms with E-state index < -0.39 is 5.97 Å². The Morgan fingerprint density at radius 2 is 2.07 bits per heavy atom. The van der Waals surface area contributed by atoms with Crippen LogP contribution in [0.3, 0.4) is 0 Å². The van der Waals surface area contributed by atoms with Crippen LogP contribution < -0.4 is 0 Å². The quantitative estimate of drug-likeness (QED) is 0.763. The summed E-state index contributed by atoms with van der Waals surface area (Å²) in [5.74, 6) is -0.913. The second-order valence-electron chi connectivity index (χ2n) is 3.22. The van der Waals surface area contributed by atoms with E-state index in [1.807, 2.05) is 25.1 Å². The summed E-state index contributed by atoms with van der Waals surface area (Å²) in [6.45, 7) is 1.90. The van der Waals surface area contributed by atoms with Gasteiger partial charge >= 0.3 is 5.97 Å². The van der Waals surface area contributed by atoms with Crippen molar-refractivity contribution in [3.8, 4) is 6.07 Å². The van der Waals surface area contributed by atoms with E-state index in [-0.39, 0.29) is 5.92 Å². The third kappa shape index (κ3) is 3.28. The zero-order valence-corrected chi connectivity index (χ0v) is 8.34. The van der Waals surface area contributed by atoms with Gasteiger partial charge in [-0.3, -0.25) is 0 Å². The number of aliphatic carboxylic acids is 1. The largest absolute Gasteiger partial charge is 0.478 e. The molecule has 0 saturated heterocycles. The predicted octanol–water partition coefficient (Wildman–Crippen LogP) is 2.30. The molecule has 0 aliphatic carbocycles. The summed E-state index contributed by atoms with van der Waals surface area (Å²) in [6.07, 6.45) is 2.74. The van der Waals surface area contributed by atoms with E-state index in [0.29, 0.717) is 5.56 Å². The maximum atomic E-state index is 10.3. The number of carbonyl (C=O) groups is 1. The fourth-order valence-electron chi connectivity index (χ4n) is 1.20. The number of nitriles is 1. The second kappa shape index (κ2) is 4.97. The number of hydrogen-bond acceptors (Lipinski definition) is 2. The van der Waals surface area contributed by atoms with Crippen molar-refractivity contribution in [2.75, 3.05) is 0 Å². The topological polar surface area (TPSA) is 61.1 Å². The van der Waals surface area contributed by atoms with Crippen molar-refractivity contribution in [2.45, 2.75) is 12.8 Å². The first-order chi connectivity index (χ1) is 7.13. The molecule has 76 valence electrons. The summed E-state index contributed by atoms with van der Waals surface area (Å²) in [6, 6.07) is 9.13. The Kier molecular flexibility index (Phi) is 3.64. The molecule has 1 unspecified atom stereocenters. The number of carboxylic acid groups (broad SMARTS) is 1. The highest BCUT2D eigenvalue weighted by Crippen LogP contribution is 2.16. The van der Waals surface area contributed by atoms with Gasteiger partial charge in [-0.05, 0) is 23.6 Å². The van der Waals surface area contributed by atoms with Crippen LogP contribution in [-0.4, -0.2) is 11.1 Å². The molecule has 0 heterocycles. The van der Waals surface area contributed by atoms with Gasteiger partial charge in [-0.15, -0.1) is 0 Å². The van der Waals surface area contributed by atoms with Gasteiger partial charge in [-0.1, -0.05) is 25.1 Å². The van der Waals surface area contributed by atoms with Gasteiger partial charge in [-0.2, -0.15) is 5.26 Å². The molecule has 0 aliphatic heterocycles. The van der Waals surface area contributed by atoms with Crippen molar-refractivity contribution in [3.63, 3.8) is 0 Å². The Morgan fingerprint density at radius 1 is 1.47 bits per heavy atom. The smallest absolute Gasteiger partial charge is 0.327 e. The lowest BCUT2D eigenvalue weighted by molar-refractivity contribution is -0.131. The van der Waals surface area contributed by atoms with Gasteiger partial charge in [0.2, 0.25) is 0 Å². The van der Waals surface area contributed by atoms with Crippen LogP contribution in [0, 0.1) is 11.3 Å². The summed E-state index contributed by atoms with van der Waals surface area (Å²) in [5.41, 5.74) is 1.60. The van der Waals surface area contributed by atoms with Gasteiger partial charge < -0.3 is 5.11 Å². The van der Waals surface area contributed by atoms with Crippen molar-refractivity contribution in [1.29, 1.82) is 5.26 Å². The van der Waals surface area contributed by atoms with E-state index in [1.165, 1.54) is 0 Å². The Bertz CT molecular complexity index is 412. The first-order valence-corrected chi connectivity index (χ1v) is 4.54. The Balaban J connectivity index is 2.79. The van der Waals surface area contributed by atoms with Crippen molar-refractivity contribution in [2.24, 2.45) is 0 Å². The highest BCUT2D eigenvalue weighted by atomic mass is 16.4. The van der Waals surface area contributed by atoms with Crippen molar-refractivity contribution in [3.05, 3.63) is 47.5 Å². The molecule has 15 heavy (non-hydrogen) atoms. The zero-order chi connectivity index (χ0) is 11.3. The lowest BCUT2D eigenvalue weighted by atomic mass is 9.99. The minimum absolute atomic E-state index is 0.0360. The monoisotopic (exact) mass is 201 g/mol. The predicted molar refractivity (Wildman–Crippen MR) is 56.3 cm³/mol. The van der Waals surface area contributed by atoms with Crippen LogP contribution in [0.15, 0.2) is 36.4 Å². The summed E-state index contributed by atoms with van der Waals surface area (Å²) < 4.78 is 0. The van der Waals surface area contributed by atoms with E-state index in [1.54, 1.807) is 18.2 Å². The molecule has 0 saturated carbocycles. The van der Waals surface area contributed by atoms with E-state index in [9.17, 15) is 4.79 Å². The summed E-state index contributed by atoms with van der Waals surface area (Å²) in [4.78, 5) is 10.3. The van der Waals surface area contributed by atoms with E-state index in [2.05, 4.69) is 0 Å². The van der Waals surface area contributed by atoms with Crippen LogP contribution in [-0.2, 0) is 4.79 Å². The third-order valence-corrected chi connectivity index (χ3v) is 2.09. The molecular weight excluding hydrogens is 190 g/mol. The molecule has 0 amide bonds. The van der Waals surface area contributed by atoms with Gasteiger partial charge in [0.25, 0.3) is 0 Å². The molecule has 0 aliphatic rings. The van der Waals surface area contributed by atoms with Crippen molar-refractivity contribution in [1.82, 2.24) is 0 Å². The molecule has 1 aromatic rings. The fourth-order valence-corrected chi connectivity index (χ4v) is 1.20. The molecule has 1 atom stereocenters. The number of nitrogens with zero attached hydrogens (tertiary/aromatic N) is 1. The molecule has 3 heteroatoms. The molecule has 0 bridgehead atoms. The van der Waals surface area contributed by atoms with Crippen molar-refractivity contribution < 1.29 is 9.90 Å². The van der Waals surface area contributed by atoms with Gasteiger partial charge in [0, 0.05) is 6.08 Å². The summed E-state index contributed by atoms with van der Waals surface area (Å²) >= 11 is 0. The fraction of sp³-hybridized carbons (Fsp3) is 0.167. The molecule has 1 aromatic carbocycles. The average molecular weight is 201 g/mol. The Labute approximate surface area is 88.3 Å². The van der Waals surface area contributed by atoms with Crippen molar-refractivity contribution >= 4 is 5.97 Å². The van der Waals surface area contributed by atoms with Crippen LogP contribution in [0.25, 0.3) is 0 Å². The lowest BCUT2D eigenvalue weighted by Crippen LogP contribution is -1.92. The minimum Gasteiger partial charge on any atom is -0.478 e. The Hall–Kier alpha value is -2.08. The Morgan fingerprint density at radius 3 is 2.53 bits per heavy atom. The van der Waals surface area contributed by atoms with Crippen LogP contribution in [0.2, 0.25) is 0 Å². The second-order valence-corrected chi connectivity index (χ2v) is 3.22. The average Bonchev–Trinajstić information content (AvgIpc) is 2.26. The standard InChI is InChI=1S/C12H11NO2/c1-9(2-7-12(14)15)11-5-3-10(8-13)4-6-11/h2-7,9H,1H3,(H,14,15)/b7-2+. The normalized spacial score (nSPS) is 12.3. The maximum absolute atomic E-state index is 10.3. The highest BCUT2D eigenvalue weighted by molar-refractivity contribution is 5.79. The third-order valence-electron chi connectivity index (χ3n) is 2.09. The van der Waals surface area contributed by atoms with E-state index in [0.717, 1.165) is 11.6 Å². The highest BCUT2D eigenvalue weighted by Gasteiger charge is 2.01. The van der Waals surface area contributed by atoms with Crippen LogP contribution in [0.1, 0.15) is 24.0 Å². The first kappa shape index (κ1) is 11.0.